The molecule has 1 aliphatic rings. The second-order valence-corrected chi connectivity index (χ2v) is 6.91. The molecule has 5 heteroatoms. The van der Waals surface area contributed by atoms with E-state index in [1.165, 1.54) is 6.07 Å². The van der Waals surface area contributed by atoms with E-state index in [2.05, 4.69) is 24.0 Å². The van der Waals surface area contributed by atoms with Crippen molar-refractivity contribution in [3.05, 3.63) is 52.6 Å². The molecule has 4 nitrogen and oxygen atoms in total. The van der Waals surface area contributed by atoms with Crippen LogP contribution in [0.4, 0.5) is 4.39 Å². The smallest absolute Gasteiger partial charge is 0.275 e. The number of aromatic amines is 1. The van der Waals surface area contributed by atoms with E-state index in [9.17, 15) is 9.18 Å². The lowest BCUT2D eigenvalue weighted by Gasteiger charge is -2.30. The monoisotopic (exact) mass is 343 g/mol. The highest BCUT2D eigenvalue weighted by Gasteiger charge is 2.42. The summed E-state index contributed by atoms with van der Waals surface area (Å²) in [5.74, 6) is 0.0503. The minimum atomic E-state index is -0.391. The highest BCUT2D eigenvalue weighted by Crippen LogP contribution is 2.41. The van der Waals surface area contributed by atoms with E-state index >= 15 is 0 Å². The van der Waals surface area contributed by atoms with Gasteiger partial charge in [0, 0.05) is 23.4 Å². The minimum Gasteiger partial charge on any atom is -0.326 e. The molecule has 1 amide bonds. The van der Waals surface area contributed by atoms with Gasteiger partial charge in [0.25, 0.3) is 5.91 Å². The molecular formula is C20H26FN3O. The van der Waals surface area contributed by atoms with Crippen molar-refractivity contribution in [3.63, 3.8) is 0 Å². The number of carbonyl (C=O) groups excluding carboxylic acids is 1. The summed E-state index contributed by atoms with van der Waals surface area (Å²) in [5, 5.41) is 7.08. The Labute approximate surface area is 148 Å². The first kappa shape index (κ1) is 17.6. The van der Waals surface area contributed by atoms with E-state index in [1.54, 1.807) is 12.1 Å². The van der Waals surface area contributed by atoms with Crippen molar-refractivity contribution in [2.45, 2.75) is 52.5 Å². The van der Waals surface area contributed by atoms with Crippen molar-refractivity contribution in [1.29, 1.82) is 0 Å². The zero-order valence-corrected chi connectivity index (χ0v) is 15.2. The zero-order chi connectivity index (χ0) is 18.0. The van der Waals surface area contributed by atoms with Crippen molar-refractivity contribution >= 4 is 5.91 Å². The third-order valence-electron chi connectivity index (χ3n) is 5.24. The predicted octanol–water partition coefficient (Wildman–Crippen LogP) is 4.62. The van der Waals surface area contributed by atoms with Crippen LogP contribution < -0.4 is 0 Å². The molecule has 2 atom stereocenters. The summed E-state index contributed by atoms with van der Waals surface area (Å²) in [5.41, 5.74) is 2.64. The molecule has 3 rings (SSSR count). The number of aryl methyl sites for hydroxylation is 1. The van der Waals surface area contributed by atoms with Gasteiger partial charge in [-0.25, -0.2) is 4.39 Å². The fourth-order valence-corrected chi connectivity index (χ4v) is 3.75. The van der Waals surface area contributed by atoms with E-state index in [1.807, 2.05) is 17.9 Å². The summed E-state index contributed by atoms with van der Waals surface area (Å²) in [6, 6.07) is 6.34. The number of halogens is 1. The van der Waals surface area contributed by atoms with Gasteiger partial charge in [-0.15, -0.1) is 0 Å². The Morgan fingerprint density at radius 3 is 2.76 bits per heavy atom. The molecule has 0 aliphatic carbocycles. The third kappa shape index (κ3) is 3.20. The average Bonchev–Trinajstić information content (AvgIpc) is 3.11. The molecule has 0 bridgehead atoms. The van der Waals surface area contributed by atoms with Crippen molar-refractivity contribution in [2.75, 3.05) is 6.54 Å². The number of hydrogen-bond acceptors (Lipinski definition) is 2. The fourth-order valence-electron chi connectivity index (χ4n) is 3.75. The van der Waals surface area contributed by atoms with Gasteiger partial charge in [0.2, 0.25) is 0 Å². The second kappa shape index (κ2) is 7.38. The lowest BCUT2D eigenvalue weighted by Crippen LogP contribution is -2.34. The number of benzene rings is 1. The highest BCUT2D eigenvalue weighted by atomic mass is 19.1. The van der Waals surface area contributed by atoms with Crippen LogP contribution in [0.25, 0.3) is 0 Å². The molecule has 25 heavy (non-hydrogen) atoms. The SMILES string of the molecule is CCCC[C@@H](CC)CN1C(=O)c2n[nH]c(C)c2[C@H]1c1ccccc1F. The highest BCUT2D eigenvalue weighted by molar-refractivity contribution is 5.98. The Bertz CT molecular complexity index is 755. The molecule has 1 aromatic carbocycles. The van der Waals surface area contributed by atoms with Crippen LogP contribution in [0.2, 0.25) is 0 Å². The molecule has 0 saturated carbocycles. The molecule has 0 fully saturated rings. The van der Waals surface area contributed by atoms with E-state index in [0.717, 1.165) is 36.9 Å². The van der Waals surface area contributed by atoms with Crippen molar-refractivity contribution in [2.24, 2.45) is 5.92 Å². The van der Waals surface area contributed by atoms with Gasteiger partial charge in [-0.05, 0) is 25.3 Å². The van der Waals surface area contributed by atoms with E-state index in [0.29, 0.717) is 23.7 Å². The Hall–Kier alpha value is -2.17. The lowest BCUT2D eigenvalue weighted by molar-refractivity contribution is 0.0704. The Kier molecular flexibility index (Phi) is 5.21. The predicted molar refractivity (Wildman–Crippen MR) is 95.9 cm³/mol. The van der Waals surface area contributed by atoms with Gasteiger partial charge in [0.1, 0.15) is 5.82 Å². The number of carbonyl (C=O) groups is 1. The van der Waals surface area contributed by atoms with Gasteiger partial charge in [-0.2, -0.15) is 5.10 Å². The van der Waals surface area contributed by atoms with Crippen molar-refractivity contribution in [1.82, 2.24) is 15.1 Å². The van der Waals surface area contributed by atoms with Crippen LogP contribution >= 0.6 is 0 Å². The molecule has 2 heterocycles. The van der Waals surface area contributed by atoms with E-state index in [4.69, 9.17) is 0 Å². The Morgan fingerprint density at radius 2 is 2.08 bits per heavy atom. The maximum atomic E-state index is 14.5. The molecule has 134 valence electrons. The van der Waals surface area contributed by atoms with Gasteiger partial charge >= 0.3 is 0 Å². The van der Waals surface area contributed by atoms with E-state index in [-0.39, 0.29) is 11.7 Å². The number of aromatic nitrogens is 2. The molecule has 1 aliphatic heterocycles. The maximum absolute atomic E-state index is 14.5. The summed E-state index contributed by atoms with van der Waals surface area (Å²) in [4.78, 5) is 14.8. The summed E-state index contributed by atoms with van der Waals surface area (Å²) in [7, 11) is 0. The van der Waals surface area contributed by atoms with Crippen LogP contribution in [0.1, 0.15) is 72.9 Å². The Balaban J connectivity index is 1.98. The topological polar surface area (TPSA) is 49.0 Å². The second-order valence-electron chi connectivity index (χ2n) is 6.91. The molecule has 2 aromatic rings. The first-order valence-electron chi connectivity index (χ1n) is 9.18. The van der Waals surface area contributed by atoms with Crippen LogP contribution in [0, 0.1) is 18.7 Å². The third-order valence-corrected chi connectivity index (χ3v) is 5.24. The van der Waals surface area contributed by atoms with E-state index < -0.39 is 6.04 Å². The Morgan fingerprint density at radius 1 is 1.32 bits per heavy atom. The van der Waals surface area contributed by atoms with Gasteiger partial charge in [0.15, 0.2) is 5.69 Å². The number of nitrogens with one attached hydrogen (secondary N) is 1. The average molecular weight is 343 g/mol. The van der Waals surface area contributed by atoms with Gasteiger partial charge in [0.05, 0.1) is 6.04 Å². The van der Waals surface area contributed by atoms with Crippen molar-refractivity contribution < 1.29 is 9.18 Å². The van der Waals surface area contributed by atoms with Crippen molar-refractivity contribution in [3.8, 4) is 0 Å². The van der Waals surface area contributed by atoms with Crippen LogP contribution in [0.15, 0.2) is 24.3 Å². The number of unbranched alkanes of at least 4 members (excludes halogenated alkanes) is 1. The first-order valence-corrected chi connectivity index (χ1v) is 9.18. The summed E-state index contributed by atoms with van der Waals surface area (Å²) in [6.45, 7) is 6.87. The number of nitrogens with zero attached hydrogens (tertiary/aromatic N) is 2. The summed E-state index contributed by atoms with van der Waals surface area (Å²) >= 11 is 0. The number of amides is 1. The first-order chi connectivity index (χ1) is 12.1. The van der Waals surface area contributed by atoms with Gasteiger partial charge in [-0.3, -0.25) is 9.89 Å². The lowest BCUT2D eigenvalue weighted by atomic mass is 9.95. The standard InChI is InChI=1S/C20H26FN3O/c1-4-6-9-14(5-2)12-24-19(15-10-7-8-11-16(15)21)17-13(3)22-23-18(17)20(24)25/h7-8,10-11,14,19H,4-6,9,12H2,1-3H3,(H,22,23)/t14-,19-/m1/s1. The molecule has 0 unspecified atom stereocenters. The summed E-state index contributed by atoms with van der Waals surface area (Å²) < 4.78 is 14.5. The largest absolute Gasteiger partial charge is 0.326 e. The fraction of sp³-hybridized carbons (Fsp3) is 0.500. The van der Waals surface area contributed by atoms with Crippen LogP contribution in [-0.4, -0.2) is 27.5 Å². The number of fused-ring (bicyclic) bond motifs is 1. The van der Waals surface area contributed by atoms with Gasteiger partial charge in [-0.1, -0.05) is 51.3 Å². The maximum Gasteiger partial charge on any atom is 0.275 e. The number of rotatable bonds is 7. The molecular weight excluding hydrogens is 317 g/mol. The van der Waals surface area contributed by atoms with Crippen LogP contribution in [-0.2, 0) is 0 Å². The van der Waals surface area contributed by atoms with Gasteiger partial charge < -0.3 is 4.90 Å². The normalized spacial score (nSPS) is 17.8. The number of hydrogen-bond donors (Lipinski definition) is 1. The zero-order valence-electron chi connectivity index (χ0n) is 15.2. The quantitative estimate of drug-likeness (QED) is 0.797. The molecule has 0 saturated heterocycles. The molecule has 1 aromatic heterocycles. The number of H-pyrrole nitrogens is 1. The minimum absolute atomic E-state index is 0.0949. The molecule has 0 radical (unpaired) electrons. The van der Waals surface area contributed by atoms with Crippen LogP contribution in [0.5, 0.6) is 0 Å². The molecule has 0 spiro atoms. The summed E-state index contributed by atoms with van der Waals surface area (Å²) in [6.07, 6.45) is 4.39. The van der Waals surface area contributed by atoms with Crippen LogP contribution in [0.3, 0.4) is 0 Å². The molecule has 1 N–H and O–H groups in total.